The third kappa shape index (κ3) is 9.17. The summed E-state index contributed by atoms with van der Waals surface area (Å²) in [4.78, 5) is 32.0. The molecular formula is C50H56N2O4S. The average Bonchev–Trinajstić information content (AvgIpc) is 3.84. The van der Waals surface area contributed by atoms with Gasteiger partial charge in [-0.1, -0.05) is 122 Å². The monoisotopic (exact) mass is 780 g/mol. The van der Waals surface area contributed by atoms with E-state index in [9.17, 15) is 19.8 Å². The molecule has 2 amide bonds. The number of benzene rings is 4. The van der Waals surface area contributed by atoms with E-state index in [1.807, 2.05) is 96.8 Å². The van der Waals surface area contributed by atoms with Gasteiger partial charge in [0.25, 0.3) is 0 Å². The highest BCUT2D eigenvalue weighted by atomic mass is 32.1. The molecule has 3 N–H and O–H groups in total. The molecule has 6 nitrogen and oxygen atoms in total. The third-order valence-corrected chi connectivity index (χ3v) is 13.7. The number of aliphatic hydroxyl groups is 2. The molecule has 7 heteroatoms. The Morgan fingerprint density at radius 1 is 0.895 bits per heavy atom. The molecule has 0 aliphatic heterocycles. The summed E-state index contributed by atoms with van der Waals surface area (Å²) in [7, 11) is 0. The van der Waals surface area contributed by atoms with Crippen LogP contribution in [0.2, 0.25) is 0 Å². The van der Waals surface area contributed by atoms with E-state index in [1.165, 1.54) is 10.5 Å². The number of carbonyl (C=O) groups is 2. The lowest BCUT2D eigenvalue weighted by molar-refractivity contribution is -0.0769. The highest BCUT2D eigenvalue weighted by Crippen LogP contribution is 2.59. The van der Waals surface area contributed by atoms with Crippen molar-refractivity contribution in [3.05, 3.63) is 165 Å². The van der Waals surface area contributed by atoms with Crippen LogP contribution in [0.3, 0.4) is 0 Å². The highest BCUT2D eigenvalue weighted by Gasteiger charge is 2.57. The van der Waals surface area contributed by atoms with Crippen molar-refractivity contribution in [3.8, 4) is 11.1 Å². The summed E-state index contributed by atoms with van der Waals surface area (Å²) in [6.45, 7) is 6.94. The number of hydrogen-bond acceptors (Lipinski definition) is 5. The topological polar surface area (TPSA) is 89.9 Å². The van der Waals surface area contributed by atoms with Crippen molar-refractivity contribution in [2.24, 2.45) is 5.41 Å². The smallest absolute Gasteiger partial charge is 0.317 e. The van der Waals surface area contributed by atoms with E-state index in [0.717, 1.165) is 40.7 Å². The van der Waals surface area contributed by atoms with Crippen molar-refractivity contribution in [2.75, 3.05) is 13.1 Å². The molecule has 296 valence electrons. The van der Waals surface area contributed by atoms with Crippen LogP contribution in [-0.2, 0) is 12.8 Å². The van der Waals surface area contributed by atoms with Crippen molar-refractivity contribution in [3.63, 3.8) is 0 Å². The number of rotatable bonds is 10. The lowest BCUT2D eigenvalue weighted by Gasteiger charge is -2.46. The molecule has 3 aliphatic rings. The van der Waals surface area contributed by atoms with Crippen LogP contribution in [0.15, 0.2) is 132 Å². The van der Waals surface area contributed by atoms with Crippen molar-refractivity contribution >= 4 is 23.2 Å². The van der Waals surface area contributed by atoms with Gasteiger partial charge in [0.1, 0.15) is 0 Å². The number of aliphatic hydroxyl groups excluding tert-OH is 1. The fraction of sp³-hybridized carbons (Fsp3) is 0.360. The Balaban J connectivity index is 1.25. The van der Waals surface area contributed by atoms with Crippen LogP contribution in [0.5, 0.6) is 0 Å². The molecule has 0 radical (unpaired) electrons. The maximum absolute atomic E-state index is 14.7. The molecule has 0 unspecified atom stereocenters. The molecular weight excluding hydrogens is 725 g/mol. The van der Waals surface area contributed by atoms with Gasteiger partial charge in [0.15, 0.2) is 5.78 Å². The minimum absolute atomic E-state index is 0.0616. The van der Waals surface area contributed by atoms with Crippen molar-refractivity contribution < 1.29 is 19.8 Å². The van der Waals surface area contributed by atoms with Crippen LogP contribution in [0.25, 0.3) is 11.1 Å². The number of carbonyl (C=O) groups excluding carboxylic acids is 2. The van der Waals surface area contributed by atoms with E-state index in [1.54, 1.807) is 11.3 Å². The van der Waals surface area contributed by atoms with Gasteiger partial charge in [-0.3, -0.25) is 4.79 Å². The number of urea groups is 1. The summed E-state index contributed by atoms with van der Waals surface area (Å²) < 4.78 is 0. The van der Waals surface area contributed by atoms with Gasteiger partial charge in [0, 0.05) is 28.0 Å². The fourth-order valence-electron chi connectivity index (χ4n) is 9.17. The number of fused-ring (bicyclic) bond motifs is 8. The number of nitrogens with one attached hydrogen (secondary N) is 1. The zero-order valence-electron chi connectivity index (χ0n) is 33.5. The van der Waals surface area contributed by atoms with Crippen LogP contribution in [-0.4, -0.2) is 51.7 Å². The lowest BCUT2D eigenvalue weighted by Crippen LogP contribution is -2.56. The molecule has 1 fully saturated rings. The zero-order chi connectivity index (χ0) is 40.0. The Morgan fingerprint density at radius 2 is 1.61 bits per heavy atom. The van der Waals surface area contributed by atoms with Gasteiger partial charge in [-0.15, -0.1) is 11.3 Å². The van der Waals surface area contributed by atoms with Gasteiger partial charge in [0.05, 0.1) is 24.3 Å². The quantitative estimate of drug-likeness (QED) is 0.0972. The van der Waals surface area contributed by atoms with E-state index >= 15 is 0 Å². The molecule has 8 rings (SSSR count). The summed E-state index contributed by atoms with van der Waals surface area (Å²) >= 11 is 1.68. The molecule has 0 saturated heterocycles. The van der Waals surface area contributed by atoms with Crippen molar-refractivity contribution in [2.45, 2.75) is 95.8 Å². The average molecular weight is 781 g/mol. The van der Waals surface area contributed by atoms with Crippen LogP contribution in [0.1, 0.15) is 109 Å². The molecule has 5 atom stereocenters. The van der Waals surface area contributed by atoms with Gasteiger partial charge >= 0.3 is 6.03 Å². The first-order valence-corrected chi connectivity index (χ1v) is 21.4. The number of thiophene rings is 1. The first kappa shape index (κ1) is 40.4. The van der Waals surface area contributed by atoms with E-state index in [4.69, 9.17) is 0 Å². The molecule has 5 aromatic rings. The van der Waals surface area contributed by atoms with Gasteiger partial charge in [-0.05, 0) is 116 Å². The molecule has 57 heavy (non-hydrogen) atoms. The lowest BCUT2D eigenvalue weighted by atomic mass is 9.64. The summed E-state index contributed by atoms with van der Waals surface area (Å²) in [5.74, 6) is -0.209. The summed E-state index contributed by atoms with van der Waals surface area (Å²) in [5, 5.41) is 29.5. The first-order valence-electron chi connectivity index (χ1n) is 20.5. The molecule has 1 saturated carbocycles. The Labute approximate surface area is 342 Å². The zero-order valence-corrected chi connectivity index (χ0v) is 34.3. The minimum Gasteiger partial charge on any atom is -0.393 e. The normalized spacial score (nSPS) is 22.9. The molecule has 1 heterocycles. The molecule has 4 aromatic carbocycles. The van der Waals surface area contributed by atoms with E-state index in [2.05, 4.69) is 61.0 Å². The predicted molar refractivity (Wildman–Crippen MR) is 232 cm³/mol. The minimum atomic E-state index is -1.23. The van der Waals surface area contributed by atoms with Gasteiger partial charge in [-0.2, -0.15) is 0 Å². The highest BCUT2D eigenvalue weighted by molar-refractivity contribution is 7.09. The summed E-state index contributed by atoms with van der Waals surface area (Å²) in [5.41, 5.74) is 5.55. The Hall–Kier alpha value is -4.82. The third-order valence-electron chi connectivity index (χ3n) is 12.8. The van der Waals surface area contributed by atoms with Crippen molar-refractivity contribution in [1.82, 2.24) is 10.2 Å². The summed E-state index contributed by atoms with van der Waals surface area (Å²) in [6.07, 6.45) is 6.88. The number of amides is 2. The summed E-state index contributed by atoms with van der Waals surface area (Å²) in [6, 6.07) is 37.8. The maximum atomic E-state index is 14.7. The van der Waals surface area contributed by atoms with Gasteiger partial charge in [-0.25, -0.2) is 4.79 Å². The first-order chi connectivity index (χ1) is 27.5. The van der Waals surface area contributed by atoms with Crippen LogP contribution in [0.4, 0.5) is 4.79 Å². The second-order valence-electron chi connectivity index (χ2n) is 16.6. The Morgan fingerprint density at radius 3 is 2.33 bits per heavy atom. The van der Waals surface area contributed by atoms with Crippen LogP contribution < -0.4 is 5.32 Å². The fourth-order valence-corrected chi connectivity index (χ4v) is 9.86. The van der Waals surface area contributed by atoms with E-state index < -0.39 is 17.1 Å². The molecule has 0 spiro atoms. The van der Waals surface area contributed by atoms with Crippen LogP contribution in [0, 0.1) is 5.41 Å². The number of hydrogen-bond donors (Lipinski definition) is 3. The van der Waals surface area contributed by atoms with Gasteiger partial charge < -0.3 is 20.4 Å². The standard InChI is InChI=1S/C50H56N2O4S/c1-35-12-10-28-49(3)46(26-29-50(49,56)34-52(30-27-43-17-11-31-57-43)48(55)51-36(2)38-13-6-4-7-14-38)44-25-19-37(32-42(53)24-18-35)33-45(44)47(54)41-22-20-40(21-23-41)39-15-8-5-9-16-39/h4-9,11-17,19-23,25,31,33,36,42,46,53,56H,10,18,24,26-30,32,34H2,1-3H3,(H,51,55)/t36-,42+,46+,49+,50-/m1/s1. The second-order valence-corrected chi connectivity index (χ2v) is 17.6. The maximum Gasteiger partial charge on any atom is 0.317 e. The van der Waals surface area contributed by atoms with E-state index in [-0.39, 0.29) is 30.3 Å². The Bertz CT molecular complexity index is 2150. The van der Waals surface area contributed by atoms with Crippen molar-refractivity contribution in [1.29, 1.82) is 0 Å². The van der Waals surface area contributed by atoms with Crippen LogP contribution >= 0.6 is 11.3 Å². The molecule has 2 bridgehead atoms. The molecule has 1 aromatic heterocycles. The number of allylic oxidation sites excluding steroid dienone is 2. The predicted octanol–water partition coefficient (Wildman–Crippen LogP) is 10.7. The SMILES string of the molecule is CC1=CCC[C@@]2(C)[C@@H](CC[C@@]2(O)CN(CCc2cccs2)C(=O)N[C@H](C)c2ccccc2)c2ccc(cc2C(=O)c2ccc(-c3ccccc3)cc2)C[C@@H](O)CC1. The number of ketones is 1. The molecule has 3 aliphatic carbocycles. The van der Waals surface area contributed by atoms with Gasteiger partial charge in [0.2, 0.25) is 0 Å². The second kappa shape index (κ2) is 17.8. The largest absolute Gasteiger partial charge is 0.393 e. The Kier molecular flexibility index (Phi) is 12.6. The number of nitrogens with zero attached hydrogens (tertiary/aromatic N) is 1. The van der Waals surface area contributed by atoms with E-state index in [0.29, 0.717) is 56.2 Å².